The zero-order chi connectivity index (χ0) is 22.0. The van der Waals surface area contributed by atoms with Gasteiger partial charge >= 0.3 is 0 Å². The lowest BCUT2D eigenvalue weighted by Gasteiger charge is -2.13. The molecule has 1 aliphatic rings. The van der Waals surface area contributed by atoms with Crippen LogP contribution in [0, 0.1) is 0 Å². The van der Waals surface area contributed by atoms with Crippen LogP contribution in [0.4, 0.5) is 4.79 Å². The van der Waals surface area contributed by atoms with Crippen LogP contribution < -0.4 is 0 Å². The van der Waals surface area contributed by atoms with Crippen LogP contribution in [0.5, 0.6) is 0 Å². The van der Waals surface area contributed by atoms with E-state index in [1.54, 1.807) is 36.0 Å². The zero-order valence-corrected chi connectivity index (χ0v) is 19.8. The summed E-state index contributed by atoms with van der Waals surface area (Å²) in [7, 11) is 0. The molecule has 3 nitrogen and oxygen atoms in total. The molecule has 31 heavy (non-hydrogen) atoms. The summed E-state index contributed by atoms with van der Waals surface area (Å²) in [6, 6.07) is 20.3. The largest absolute Gasteiger partial charge is 0.293 e. The molecule has 1 fully saturated rings. The third kappa shape index (κ3) is 5.30. The predicted octanol–water partition coefficient (Wildman–Crippen LogP) is 8.03. The van der Waals surface area contributed by atoms with E-state index in [9.17, 15) is 9.59 Å². The van der Waals surface area contributed by atoms with E-state index >= 15 is 0 Å². The number of hydrogen-bond acceptors (Lipinski definition) is 4. The smallest absolute Gasteiger partial charge is 0.268 e. The topological polar surface area (TPSA) is 37.4 Å². The lowest BCUT2D eigenvalue weighted by atomic mass is 10.2. The maximum Gasteiger partial charge on any atom is 0.293 e. The van der Waals surface area contributed by atoms with Crippen LogP contribution in [0.1, 0.15) is 11.1 Å². The molecule has 156 valence electrons. The van der Waals surface area contributed by atoms with Gasteiger partial charge in [-0.3, -0.25) is 14.5 Å². The minimum absolute atomic E-state index is 0.139. The third-order valence-corrected chi connectivity index (χ3v) is 7.44. The zero-order valence-electron chi connectivity index (χ0n) is 15.8. The molecular weight excluding hydrogens is 493 g/mol. The molecule has 0 saturated carbocycles. The van der Waals surface area contributed by atoms with Crippen molar-refractivity contribution in [2.24, 2.45) is 0 Å². The van der Waals surface area contributed by atoms with E-state index < -0.39 is 0 Å². The minimum Gasteiger partial charge on any atom is -0.268 e. The number of imide groups is 1. The van der Waals surface area contributed by atoms with Crippen LogP contribution in [-0.4, -0.2) is 16.0 Å². The second-order valence-electron chi connectivity index (χ2n) is 6.61. The molecule has 3 aromatic rings. The number of benzene rings is 3. The molecule has 0 N–H and O–H groups in total. The summed E-state index contributed by atoms with van der Waals surface area (Å²) < 4.78 is 0. The molecule has 3 aromatic carbocycles. The Kier molecular flexibility index (Phi) is 6.99. The van der Waals surface area contributed by atoms with Gasteiger partial charge in [-0.1, -0.05) is 70.8 Å². The Morgan fingerprint density at radius 2 is 1.65 bits per heavy atom. The molecule has 4 rings (SSSR count). The lowest BCUT2D eigenvalue weighted by molar-refractivity contribution is -0.123. The van der Waals surface area contributed by atoms with Crippen molar-refractivity contribution < 1.29 is 9.59 Å². The van der Waals surface area contributed by atoms with E-state index in [1.807, 2.05) is 48.5 Å². The highest BCUT2D eigenvalue weighted by molar-refractivity contribution is 8.18. The summed E-state index contributed by atoms with van der Waals surface area (Å²) in [6.45, 7) is 0.139. The van der Waals surface area contributed by atoms with Gasteiger partial charge in [0, 0.05) is 14.8 Å². The van der Waals surface area contributed by atoms with Crippen molar-refractivity contribution in [1.82, 2.24) is 4.90 Å². The number of nitrogens with zero attached hydrogens (tertiary/aromatic N) is 1. The van der Waals surface area contributed by atoms with Crippen molar-refractivity contribution in [3.05, 3.63) is 97.8 Å². The SMILES string of the molecule is O=C1S/C(=C\c2ccccc2Sc2ccc(Cl)cc2)C(=O)N1Cc1ccc(Cl)c(Cl)c1. The Bertz CT molecular complexity index is 1200. The molecular formula is C23H14Cl3NO2S2. The Morgan fingerprint density at radius 3 is 2.39 bits per heavy atom. The Morgan fingerprint density at radius 1 is 0.903 bits per heavy atom. The number of halogens is 3. The molecule has 0 atom stereocenters. The number of rotatable bonds is 5. The molecule has 1 saturated heterocycles. The van der Waals surface area contributed by atoms with Crippen molar-refractivity contribution in [1.29, 1.82) is 0 Å². The highest BCUT2D eigenvalue weighted by Crippen LogP contribution is 2.37. The maximum atomic E-state index is 12.9. The second kappa shape index (κ2) is 9.72. The maximum absolute atomic E-state index is 12.9. The van der Waals surface area contributed by atoms with E-state index in [2.05, 4.69) is 0 Å². The van der Waals surface area contributed by atoms with Crippen molar-refractivity contribution in [2.45, 2.75) is 16.3 Å². The van der Waals surface area contributed by atoms with E-state index in [-0.39, 0.29) is 17.7 Å². The first kappa shape index (κ1) is 22.3. The van der Waals surface area contributed by atoms with Crippen molar-refractivity contribution in [3.63, 3.8) is 0 Å². The van der Waals surface area contributed by atoms with Crippen LogP contribution in [-0.2, 0) is 11.3 Å². The van der Waals surface area contributed by atoms with Gasteiger partial charge in [0.1, 0.15) is 0 Å². The van der Waals surface area contributed by atoms with Crippen LogP contribution in [0.2, 0.25) is 15.1 Å². The Balaban J connectivity index is 1.56. The molecule has 0 unspecified atom stereocenters. The number of carbonyl (C=O) groups excluding carboxylic acids is 2. The van der Waals surface area contributed by atoms with Gasteiger partial charge in [0.2, 0.25) is 0 Å². The van der Waals surface area contributed by atoms with Crippen LogP contribution in [0.3, 0.4) is 0 Å². The number of thioether (sulfide) groups is 1. The van der Waals surface area contributed by atoms with Gasteiger partial charge in [-0.05, 0) is 71.4 Å². The molecule has 1 aliphatic heterocycles. The molecule has 8 heteroatoms. The quantitative estimate of drug-likeness (QED) is 0.328. The van der Waals surface area contributed by atoms with Gasteiger partial charge in [-0.25, -0.2) is 0 Å². The molecule has 1 heterocycles. The number of amides is 2. The van der Waals surface area contributed by atoms with Gasteiger partial charge in [0.15, 0.2) is 0 Å². The fourth-order valence-electron chi connectivity index (χ4n) is 2.92. The molecule has 0 aliphatic carbocycles. The summed E-state index contributed by atoms with van der Waals surface area (Å²) >= 11 is 20.5. The molecule has 2 amide bonds. The van der Waals surface area contributed by atoms with E-state index in [4.69, 9.17) is 34.8 Å². The standard InChI is InChI=1S/C23H14Cl3NO2S2/c24-16-6-8-17(9-7-16)30-20-4-2-1-3-15(20)12-21-22(28)27(23(29)31-21)13-14-5-10-18(25)19(26)11-14/h1-12H,13H2/b21-12-. The molecule has 0 aromatic heterocycles. The van der Waals surface area contributed by atoms with Crippen molar-refractivity contribution in [3.8, 4) is 0 Å². The summed E-state index contributed by atoms with van der Waals surface area (Å²) in [5.74, 6) is -0.327. The molecule has 0 spiro atoms. The van der Waals surface area contributed by atoms with Crippen LogP contribution in [0.15, 0.2) is 81.4 Å². The van der Waals surface area contributed by atoms with Gasteiger partial charge in [-0.2, -0.15) is 0 Å². The first-order valence-corrected chi connectivity index (χ1v) is 11.9. The Hall–Kier alpha value is -1.89. The highest BCUT2D eigenvalue weighted by atomic mass is 35.5. The monoisotopic (exact) mass is 505 g/mol. The summed E-state index contributed by atoms with van der Waals surface area (Å²) in [4.78, 5) is 29.0. The normalized spacial score (nSPS) is 15.2. The van der Waals surface area contributed by atoms with E-state index in [0.717, 1.165) is 32.7 Å². The average Bonchev–Trinajstić information content (AvgIpc) is 3.01. The van der Waals surface area contributed by atoms with E-state index in [0.29, 0.717) is 20.0 Å². The van der Waals surface area contributed by atoms with Gasteiger partial charge in [0.25, 0.3) is 11.1 Å². The average molecular weight is 507 g/mol. The lowest BCUT2D eigenvalue weighted by Crippen LogP contribution is -2.27. The molecule has 0 radical (unpaired) electrons. The fourth-order valence-corrected chi connectivity index (χ4v) is 5.11. The van der Waals surface area contributed by atoms with Gasteiger partial charge in [-0.15, -0.1) is 0 Å². The third-order valence-electron chi connectivity index (χ3n) is 4.45. The van der Waals surface area contributed by atoms with Crippen molar-refractivity contribution in [2.75, 3.05) is 0 Å². The number of carbonyl (C=O) groups is 2. The van der Waals surface area contributed by atoms with Crippen LogP contribution in [0.25, 0.3) is 6.08 Å². The summed E-state index contributed by atoms with van der Waals surface area (Å²) in [5.41, 5.74) is 1.60. The molecule has 0 bridgehead atoms. The first-order chi connectivity index (χ1) is 14.9. The number of hydrogen-bond donors (Lipinski definition) is 0. The first-order valence-electron chi connectivity index (χ1n) is 9.12. The van der Waals surface area contributed by atoms with Crippen LogP contribution >= 0.6 is 58.3 Å². The Labute approximate surface area is 203 Å². The summed E-state index contributed by atoms with van der Waals surface area (Å²) in [5, 5.41) is 1.17. The van der Waals surface area contributed by atoms with Gasteiger partial charge < -0.3 is 0 Å². The van der Waals surface area contributed by atoms with E-state index in [1.165, 1.54) is 4.90 Å². The summed E-state index contributed by atoms with van der Waals surface area (Å²) in [6.07, 6.45) is 1.76. The second-order valence-corrected chi connectivity index (χ2v) is 9.97. The highest BCUT2D eigenvalue weighted by Gasteiger charge is 2.35. The van der Waals surface area contributed by atoms with Crippen molar-refractivity contribution >= 4 is 75.5 Å². The minimum atomic E-state index is -0.327. The van der Waals surface area contributed by atoms with Gasteiger partial charge in [0.05, 0.1) is 21.5 Å². The predicted molar refractivity (Wildman–Crippen MR) is 130 cm³/mol. The fraction of sp³-hybridized carbons (Fsp3) is 0.0435.